The van der Waals surface area contributed by atoms with Gasteiger partial charge in [-0.15, -0.1) is 0 Å². The number of carbonyl (C=O) groups excluding carboxylic acids is 1. The molecule has 6 nitrogen and oxygen atoms in total. The van der Waals surface area contributed by atoms with E-state index in [0.29, 0.717) is 17.6 Å². The number of nitrogens with zero attached hydrogens (tertiary/aromatic N) is 3. The van der Waals surface area contributed by atoms with E-state index in [1.165, 1.54) is 5.56 Å². The summed E-state index contributed by atoms with van der Waals surface area (Å²) in [4.78, 5) is 21.7. The van der Waals surface area contributed by atoms with Crippen molar-refractivity contribution in [1.29, 1.82) is 0 Å². The van der Waals surface area contributed by atoms with E-state index in [4.69, 9.17) is 22.1 Å². The Bertz CT molecular complexity index is 891. The molecule has 2 aliphatic rings. The van der Waals surface area contributed by atoms with E-state index in [-0.39, 0.29) is 12.0 Å². The Morgan fingerprint density at radius 3 is 2.44 bits per heavy atom. The molecule has 0 radical (unpaired) electrons. The molecule has 7 heteroatoms. The van der Waals surface area contributed by atoms with Crippen molar-refractivity contribution in [3.05, 3.63) is 58.7 Å². The zero-order valence-electron chi connectivity index (χ0n) is 18.8. The fraction of sp³-hybridized carbons (Fsp3) is 0.520. The van der Waals surface area contributed by atoms with E-state index in [2.05, 4.69) is 14.8 Å². The molecule has 4 rings (SSSR count). The van der Waals surface area contributed by atoms with Gasteiger partial charge in [0.1, 0.15) is 5.82 Å². The fourth-order valence-electron chi connectivity index (χ4n) is 5.12. The number of anilines is 1. The summed E-state index contributed by atoms with van der Waals surface area (Å²) in [6.07, 6.45) is 5.58. The largest absolute Gasteiger partial charge is 0.384 e. The Labute approximate surface area is 195 Å². The Kier molecular flexibility index (Phi) is 7.66. The highest BCUT2D eigenvalue weighted by molar-refractivity contribution is 6.30. The minimum atomic E-state index is 0.0509. The van der Waals surface area contributed by atoms with E-state index >= 15 is 0 Å². The number of carbonyl (C=O) groups is 1. The molecule has 1 aromatic carbocycles. The van der Waals surface area contributed by atoms with Crippen molar-refractivity contribution >= 4 is 23.3 Å². The molecule has 2 saturated heterocycles. The molecule has 0 saturated carbocycles. The minimum Gasteiger partial charge on any atom is -0.384 e. The number of nitrogen functional groups attached to an aromatic ring is 1. The van der Waals surface area contributed by atoms with Crippen LogP contribution in [0.2, 0.25) is 5.02 Å². The third-order valence-corrected chi connectivity index (χ3v) is 7.17. The molecule has 2 aliphatic heterocycles. The molecule has 2 N–H and O–H groups in total. The van der Waals surface area contributed by atoms with Crippen molar-refractivity contribution in [2.45, 2.75) is 38.3 Å². The van der Waals surface area contributed by atoms with Gasteiger partial charge in [-0.3, -0.25) is 9.69 Å². The van der Waals surface area contributed by atoms with E-state index < -0.39 is 0 Å². The molecule has 172 valence electrons. The van der Waals surface area contributed by atoms with Crippen LogP contribution < -0.4 is 5.73 Å². The summed E-state index contributed by atoms with van der Waals surface area (Å²) < 4.78 is 5.83. The average Bonchev–Trinajstić information content (AvgIpc) is 2.81. The Morgan fingerprint density at radius 2 is 1.81 bits per heavy atom. The van der Waals surface area contributed by atoms with Crippen LogP contribution in [0.4, 0.5) is 5.82 Å². The molecular formula is C25H33ClN4O2. The summed E-state index contributed by atoms with van der Waals surface area (Å²) in [7, 11) is 1.77. The highest BCUT2D eigenvalue weighted by Crippen LogP contribution is 2.34. The van der Waals surface area contributed by atoms with Crippen LogP contribution in [0.3, 0.4) is 0 Å². The summed E-state index contributed by atoms with van der Waals surface area (Å²) in [5, 5.41) is 0.736. The molecule has 1 unspecified atom stereocenters. The Hall–Kier alpha value is -2.15. The van der Waals surface area contributed by atoms with Crippen molar-refractivity contribution in [3.63, 3.8) is 0 Å². The van der Waals surface area contributed by atoms with Gasteiger partial charge in [-0.05, 0) is 80.1 Å². The molecule has 2 fully saturated rings. The number of ether oxygens (including phenoxy) is 1. The predicted molar refractivity (Wildman–Crippen MR) is 127 cm³/mol. The predicted octanol–water partition coefficient (Wildman–Crippen LogP) is 4.16. The molecule has 0 bridgehead atoms. The van der Waals surface area contributed by atoms with Gasteiger partial charge < -0.3 is 15.4 Å². The van der Waals surface area contributed by atoms with Gasteiger partial charge in [-0.1, -0.05) is 23.7 Å². The van der Waals surface area contributed by atoms with E-state index in [9.17, 15) is 4.79 Å². The van der Waals surface area contributed by atoms with Crippen LogP contribution in [-0.4, -0.2) is 54.0 Å². The molecule has 32 heavy (non-hydrogen) atoms. The maximum Gasteiger partial charge on any atom is 0.225 e. The van der Waals surface area contributed by atoms with Crippen molar-refractivity contribution in [2.24, 2.45) is 11.8 Å². The smallest absolute Gasteiger partial charge is 0.225 e. The minimum absolute atomic E-state index is 0.0509. The molecule has 2 aromatic rings. The quantitative estimate of drug-likeness (QED) is 0.706. The van der Waals surface area contributed by atoms with Crippen molar-refractivity contribution in [2.75, 3.05) is 39.0 Å². The van der Waals surface area contributed by atoms with Gasteiger partial charge in [-0.25, -0.2) is 4.98 Å². The van der Waals surface area contributed by atoms with E-state index in [1.807, 2.05) is 36.4 Å². The number of hydrogen-bond donors (Lipinski definition) is 1. The summed E-state index contributed by atoms with van der Waals surface area (Å²) in [5.74, 6) is 1.44. The van der Waals surface area contributed by atoms with Crippen LogP contribution in [0.5, 0.6) is 0 Å². The molecular weight excluding hydrogens is 424 g/mol. The first-order valence-corrected chi connectivity index (χ1v) is 11.9. The van der Waals surface area contributed by atoms with Gasteiger partial charge >= 0.3 is 0 Å². The molecule has 3 heterocycles. The number of hydrogen-bond acceptors (Lipinski definition) is 5. The van der Waals surface area contributed by atoms with Crippen LogP contribution in [-0.2, 0) is 16.1 Å². The molecule has 0 aliphatic carbocycles. The summed E-state index contributed by atoms with van der Waals surface area (Å²) in [6, 6.07) is 11.9. The highest BCUT2D eigenvalue weighted by atomic mass is 35.5. The van der Waals surface area contributed by atoms with Crippen LogP contribution >= 0.6 is 11.6 Å². The second-order valence-corrected chi connectivity index (χ2v) is 9.45. The maximum atomic E-state index is 13.2. The van der Waals surface area contributed by atoms with E-state index in [0.717, 1.165) is 69.0 Å². The summed E-state index contributed by atoms with van der Waals surface area (Å²) in [5.41, 5.74) is 8.13. The van der Waals surface area contributed by atoms with Crippen molar-refractivity contribution in [1.82, 2.24) is 14.8 Å². The average molecular weight is 457 g/mol. The van der Waals surface area contributed by atoms with Gasteiger partial charge in [0, 0.05) is 43.9 Å². The number of likely N-dealkylation sites (tertiary alicyclic amines) is 2. The standard InChI is InChI=1S/C25H33ClN4O2/c1-32-24(19-2-4-22(26)5-3-19)20-9-14-30(15-10-20)25(31)21-7-12-29(13-8-21)17-18-6-11-28-23(27)16-18/h2-6,11,16,20-21,24H,7-10,12-15,17H2,1H3,(H2,27,28). The van der Waals surface area contributed by atoms with Gasteiger partial charge in [0.15, 0.2) is 0 Å². The first-order valence-electron chi connectivity index (χ1n) is 11.5. The zero-order chi connectivity index (χ0) is 22.5. The van der Waals surface area contributed by atoms with Gasteiger partial charge in [0.05, 0.1) is 6.10 Å². The SMILES string of the molecule is COC(c1ccc(Cl)cc1)C1CCN(C(=O)C2CCN(Cc3ccnc(N)c3)CC2)CC1. The number of piperidine rings is 2. The number of aromatic nitrogens is 1. The summed E-state index contributed by atoms with van der Waals surface area (Å²) in [6.45, 7) is 4.37. The van der Waals surface area contributed by atoms with Gasteiger partial charge in [0.2, 0.25) is 5.91 Å². The second-order valence-electron chi connectivity index (χ2n) is 9.01. The zero-order valence-corrected chi connectivity index (χ0v) is 19.5. The van der Waals surface area contributed by atoms with Crippen molar-refractivity contribution < 1.29 is 9.53 Å². The number of benzene rings is 1. The Morgan fingerprint density at radius 1 is 1.12 bits per heavy atom. The lowest BCUT2D eigenvalue weighted by Gasteiger charge is -2.39. The van der Waals surface area contributed by atoms with Crippen LogP contribution in [0.25, 0.3) is 0 Å². The van der Waals surface area contributed by atoms with Crippen LogP contribution in [0, 0.1) is 11.8 Å². The second kappa shape index (κ2) is 10.6. The van der Waals surface area contributed by atoms with Crippen molar-refractivity contribution in [3.8, 4) is 0 Å². The molecule has 1 amide bonds. The van der Waals surface area contributed by atoms with Crippen LogP contribution in [0.15, 0.2) is 42.6 Å². The number of nitrogens with two attached hydrogens (primary N) is 1. The molecule has 1 aromatic heterocycles. The van der Waals surface area contributed by atoms with E-state index in [1.54, 1.807) is 13.3 Å². The fourth-order valence-corrected chi connectivity index (χ4v) is 5.25. The third-order valence-electron chi connectivity index (χ3n) is 6.92. The highest BCUT2D eigenvalue weighted by Gasteiger charge is 2.33. The normalized spacial score (nSPS) is 19.8. The lowest BCUT2D eigenvalue weighted by Crippen LogP contribution is -2.46. The van der Waals surface area contributed by atoms with Crippen LogP contribution in [0.1, 0.15) is 42.9 Å². The lowest BCUT2D eigenvalue weighted by atomic mass is 9.86. The maximum absolute atomic E-state index is 13.2. The molecule has 0 spiro atoms. The topological polar surface area (TPSA) is 71.7 Å². The lowest BCUT2D eigenvalue weighted by molar-refractivity contribution is -0.139. The Balaban J connectivity index is 1.25. The van der Waals surface area contributed by atoms with Gasteiger partial charge in [0.25, 0.3) is 0 Å². The van der Waals surface area contributed by atoms with Gasteiger partial charge in [-0.2, -0.15) is 0 Å². The number of rotatable bonds is 6. The third kappa shape index (κ3) is 5.61. The first kappa shape index (κ1) is 23.0. The number of amides is 1. The number of halogens is 1. The monoisotopic (exact) mass is 456 g/mol. The number of pyridine rings is 1. The number of methoxy groups -OCH3 is 1. The summed E-state index contributed by atoms with van der Waals surface area (Å²) >= 11 is 6.03. The first-order chi connectivity index (χ1) is 15.5. The molecule has 1 atom stereocenters.